The van der Waals surface area contributed by atoms with Gasteiger partial charge in [-0.3, -0.25) is 24.2 Å². The van der Waals surface area contributed by atoms with Crippen molar-refractivity contribution in [3.8, 4) is 5.75 Å². The van der Waals surface area contributed by atoms with Crippen LogP contribution in [0.2, 0.25) is 0 Å². The van der Waals surface area contributed by atoms with Crippen molar-refractivity contribution in [2.75, 3.05) is 34.5 Å². The first kappa shape index (κ1) is 23.0. The summed E-state index contributed by atoms with van der Waals surface area (Å²) >= 11 is 1.28. The van der Waals surface area contributed by atoms with Crippen LogP contribution in [0.5, 0.6) is 5.75 Å². The highest BCUT2D eigenvalue weighted by molar-refractivity contribution is 8.02. The molecule has 3 aromatic carbocycles. The fourth-order valence-electron chi connectivity index (χ4n) is 4.61. The molecule has 178 valence electrons. The van der Waals surface area contributed by atoms with Gasteiger partial charge in [0.15, 0.2) is 0 Å². The molecule has 0 aliphatic carbocycles. The number of nitrogens with zero attached hydrogens (tertiary/aromatic N) is 2. The first-order valence-corrected chi connectivity index (χ1v) is 12.2. The number of fused-ring (bicyclic) bond motifs is 2. The molecule has 1 saturated heterocycles. The minimum Gasteiger partial charge on any atom is -0.497 e. The Bertz CT molecular complexity index is 1340. The van der Waals surface area contributed by atoms with Gasteiger partial charge in [0.05, 0.1) is 18.6 Å². The molecule has 1 atom stereocenters. The number of nitrogens with one attached hydrogen (secondary N) is 1. The lowest BCUT2D eigenvalue weighted by Gasteiger charge is -2.33. The number of amides is 3. The van der Waals surface area contributed by atoms with E-state index in [0.29, 0.717) is 28.4 Å². The number of aryl methyl sites for hydroxylation is 2. The number of hydrogen-bond acceptors (Lipinski definition) is 5. The van der Waals surface area contributed by atoms with E-state index in [9.17, 15) is 14.4 Å². The smallest absolute Gasteiger partial charge is 0.269 e. The van der Waals surface area contributed by atoms with Gasteiger partial charge in [-0.15, -0.1) is 11.8 Å². The van der Waals surface area contributed by atoms with Crippen LogP contribution in [-0.4, -0.2) is 37.1 Å². The van der Waals surface area contributed by atoms with Crippen LogP contribution in [0.25, 0.3) is 0 Å². The molecule has 2 aliphatic rings. The summed E-state index contributed by atoms with van der Waals surface area (Å²) in [6, 6.07) is 20.1. The number of carbonyl (C=O) groups excluding carboxylic acids is 3. The Morgan fingerprint density at radius 3 is 2.49 bits per heavy atom. The molecular weight excluding hydrogens is 462 g/mol. The molecule has 2 aliphatic heterocycles. The maximum atomic E-state index is 14.0. The highest BCUT2D eigenvalue weighted by Crippen LogP contribution is 2.55. The maximum absolute atomic E-state index is 14.0. The first-order chi connectivity index (χ1) is 16.8. The Kier molecular flexibility index (Phi) is 5.76. The number of para-hydroxylation sites is 1. The van der Waals surface area contributed by atoms with Gasteiger partial charge in [-0.05, 0) is 67.4 Å². The monoisotopic (exact) mass is 487 g/mol. The molecule has 0 unspecified atom stereocenters. The van der Waals surface area contributed by atoms with Crippen LogP contribution in [0.1, 0.15) is 16.7 Å². The molecular formula is C27H25N3O4S. The first-order valence-electron chi connectivity index (χ1n) is 11.2. The van der Waals surface area contributed by atoms with Crippen molar-refractivity contribution in [2.24, 2.45) is 0 Å². The predicted molar refractivity (Wildman–Crippen MR) is 138 cm³/mol. The molecule has 2 heterocycles. The number of methoxy groups -OCH3 is 1. The summed E-state index contributed by atoms with van der Waals surface area (Å²) in [7, 11) is 1.57. The number of ether oxygens (including phenoxy) is 1. The number of rotatable bonds is 5. The third-order valence-electron chi connectivity index (χ3n) is 6.49. The van der Waals surface area contributed by atoms with Gasteiger partial charge < -0.3 is 10.1 Å². The Hall–Kier alpha value is -3.78. The van der Waals surface area contributed by atoms with Crippen LogP contribution >= 0.6 is 11.8 Å². The van der Waals surface area contributed by atoms with Crippen LogP contribution in [-0.2, 0) is 19.3 Å². The van der Waals surface area contributed by atoms with Gasteiger partial charge in [0.1, 0.15) is 12.3 Å². The van der Waals surface area contributed by atoms with E-state index in [1.54, 1.807) is 36.3 Å². The molecule has 0 bridgehead atoms. The zero-order chi connectivity index (χ0) is 24.7. The molecule has 0 radical (unpaired) electrons. The van der Waals surface area contributed by atoms with Crippen LogP contribution in [0, 0.1) is 13.8 Å². The normalized spacial score (nSPS) is 18.8. The van der Waals surface area contributed by atoms with Crippen molar-refractivity contribution in [1.82, 2.24) is 0 Å². The molecule has 8 heteroatoms. The van der Waals surface area contributed by atoms with E-state index in [1.165, 1.54) is 16.7 Å². The zero-order valence-corrected chi connectivity index (χ0v) is 20.5. The van der Waals surface area contributed by atoms with E-state index >= 15 is 0 Å². The minimum atomic E-state index is -1.26. The average Bonchev–Trinajstić information content (AvgIpc) is 3.32. The van der Waals surface area contributed by atoms with Crippen molar-refractivity contribution >= 4 is 46.5 Å². The second-order valence-electron chi connectivity index (χ2n) is 8.62. The lowest BCUT2D eigenvalue weighted by atomic mass is 10.0. The highest BCUT2D eigenvalue weighted by Gasteiger charge is 2.61. The predicted octanol–water partition coefficient (Wildman–Crippen LogP) is 4.23. The quantitative estimate of drug-likeness (QED) is 0.583. The summed E-state index contributed by atoms with van der Waals surface area (Å²) in [6.45, 7) is 3.84. The maximum Gasteiger partial charge on any atom is 0.269 e. The van der Waals surface area contributed by atoms with Crippen molar-refractivity contribution in [2.45, 2.75) is 18.7 Å². The van der Waals surface area contributed by atoms with E-state index < -0.39 is 4.87 Å². The van der Waals surface area contributed by atoms with Gasteiger partial charge in [-0.25, -0.2) is 0 Å². The molecule has 3 amide bonds. The van der Waals surface area contributed by atoms with Crippen molar-refractivity contribution in [3.63, 3.8) is 0 Å². The van der Waals surface area contributed by atoms with Crippen LogP contribution in [0.4, 0.5) is 17.1 Å². The molecule has 1 N–H and O–H groups in total. The lowest BCUT2D eigenvalue weighted by molar-refractivity contribution is -0.124. The van der Waals surface area contributed by atoms with Crippen molar-refractivity contribution < 1.29 is 19.1 Å². The number of carbonyl (C=O) groups is 3. The zero-order valence-electron chi connectivity index (χ0n) is 19.7. The topological polar surface area (TPSA) is 79.0 Å². The van der Waals surface area contributed by atoms with E-state index in [-0.39, 0.29) is 30.0 Å². The fourth-order valence-corrected chi connectivity index (χ4v) is 5.97. The van der Waals surface area contributed by atoms with Crippen LogP contribution < -0.4 is 19.9 Å². The Morgan fingerprint density at radius 2 is 1.77 bits per heavy atom. The average molecular weight is 488 g/mol. The largest absolute Gasteiger partial charge is 0.497 e. The SMILES string of the molecule is COc1ccc(N2C(=O)CS[C@@]23C(=O)N(CC(=O)Nc2ccc(C)c(C)c2)c2ccccc23)cc1. The molecule has 0 saturated carbocycles. The van der Waals surface area contributed by atoms with Crippen LogP contribution in [0.3, 0.4) is 0 Å². The van der Waals surface area contributed by atoms with Gasteiger partial charge in [0.2, 0.25) is 16.7 Å². The number of benzene rings is 3. The summed E-state index contributed by atoms with van der Waals surface area (Å²) in [5.41, 5.74) is 4.82. The second-order valence-corrected chi connectivity index (χ2v) is 9.78. The number of hydrogen-bond donors (Lipinski definition) is 1. The lowest BCUT2D eigenvalue weighted by Crippen LogP contribution is -2.50. The van der Waals surface area contributed by atoms with E-state index in [0.717, 1.165) is 11.1 Å². The van der Waals surface area contributed by atoms with Gasteiger partial charge >= 0.3 is 0 Å². The molecule has 35 heavy (non-hydrogen) atoms. The van der Waals surface area contributed by atoms with Gasteiger partial charge in [0, 0.05) is 16.9 Å². The third-order valence-corrected chi connectivity index (χ3v) is 7.87. The van der Waals surface area contributed by atoms with E-state index in [1.807, 2.05) is 56.3 Å². The Balaban J connectivity index is 1.49. The standard InChI is InChI=1S/C27H25N3O4S/c1-17-8-9-19(14-18(17)2)28-24(31)15-29-23-7-5-4-6-22(23)27(26(29)33)30(25(32)16-35-27)20-10-12-21(34-3)13-11-20/h4-14H,15-16H2,1-3H3,(H,28,31)/t27-/m0/s1. The number of anilines is 3. The summed E-state index contributed by atoms with van der Waals surface area (Å²) in [6.07, 6.45) is 0. The van der Waals surface area contributed by atoms with Gasteiger partial charge in [0.25, 0.3) is 5.91 Å². The summed E-state index contributed by atoms with van der Waals surface area (Å²) < 4.78 is 5.25. The molecule has 1 fully saturated rings. The molecule has 3 aromatic rings. The van der Waals surface area contributed by atoms with Crippen LogP contribution in [0.15, 0.2) is 66.7 Å². The Labute approximate surface area is 208 Å². The molecule has 5 rings (SSSR count). The minimum absolute atomic E-state index is 0.157. The van der Waals surface area contributed by atoms with E-state index in [2.05, 4.69) is 5.32 Å². The second kappa shape index (κ2) is 8.78. The molecule has 1 spiro atoms. The fraction of sp³-hybridized carbons (Fsp3) is 0.222. The highest BCUT2D eigenvalue weighted by atomic mass is 32.2. The molecule has 7 nitrogen and oxygen atoms in total. The van der Waals surface area contributed by atoms with Crippen molar-refractivity contribution in [1.29, 1.82) is 0 Å². The summed E-state index contributed by atoms with van der Waals surface area (Å²) in [5.74, 6) is 0.0448. The number of thioether (sulfide) groups is 1. The Morgan fingerprint density at radius 1 is 1.03 bits per heavy atom. The van der Waals surface area contributed by atoms with E-state index in [4.69, 9.17) is 4.74 Å². The van der Waals surface area contributed by atoms with Gasteiger partial charge in [-0.1, -0.05) is 24.3 Å². The third kappa shape index (κ3) is 3.74. The summed E-state index contributed by atoms with van der Waals surface area (Å²) in [4.78, 5) is 41.9. The van der Waals surface area contributed by atoms with Crippen molar-refractivity contribution in [3.05, 3.63) is 83.4 Å². The van der Waals surface area contributed by atoms with Gasteiger partial charge in [-0.2, -0.15) is 0 Å². The molecule has 0 aromatic heterocycles. The summed E-state index contributed by atoms with van der Waals surface area (Å²) in [5, 5.41) is 2.90.